The van der Waals surface area contributed by atoms with Gasteiger partial charge in [-0.05, 0) is 12.0 Å². The summed E-state index contributed by atoms with van der Waals surface area (Å²) in [7, 11) is 0. The molecule has 0 heterocycles. The van der Waals surface area contributed by atoms with Gasteiger partial charge in [0, 0.05) is 12.2 Å². The fourth-order valence-corrected chi connectivity index (χ4v) is 1.16. The summed E-state index contributed by atoms with van der Waals surface area (Å²) in [5, 5.41) is 0. The third-order valence-corrected chi connectivity index (χ3v) is 2.03. The Labute approximate surface area is 106 Å². The van der Waals surface area contributed by atoms with Crippen molar-refractivity contribution >= 4 is 11.9 Å². The maximum Gasteiger partial charge on any atom is 0.331 e. The van der Waals surface area contributed by atoms with E-state index in [1.807, 2.05) is 37.3 Å². The lowest BCUT2D eigenvalue weighted by Gasteiger charge is -2.01. The van der Waals surface area contributed by atoms with Crippen molar-refractivity contribution in [3.63, 3.8) is 0 Å². The molecule has 0 amide bonds. The van der Waals surface area contributed by atoms with Crippen molar-refractivity contribution in [1.82, 2.24) is 0 Å². The molecule has 0 N–H and O–H groups in total. The Kier molecular flexibility index (Phi) is 6.25. The molecule has 4 heteroatoms. The van der Waals surface area contributed by atoms with Gasteiger partial charge in [-0.3, -0.25) is 0 Å². The Morgan fingerprint density at radius 3 is 2.28 bits per heavy atom. The largest absolute Gasteiger partial charge is 0.463 e. The van der Waals surface area contributed by atoms with Gasteiger partial charge in [-0.15, -0.1) is 0 Å². The highest BCUT2D eigenvalue weighted by Gasteiger charge is 2.01. The zero-order valence-corrected chi connectivity index (χ0v) is 10.3. The standard InChI is InChI=1S/C14H16O4/c1-2-10-17-13(15)8-9-14(16)18-11-12-6-4-3-5-7-12/h3-9H,2,10-11H2,1H3/b9-8+. The van der Waals surface area contributed by atoms with E-state index in [4.69, 9.17) is 9.47 Å². The maximum atomic E-state index is 11.3. The second-order valence-electron chi connectivity index (χ2n) is 3.59. The predicted octanol–water partition coefficient (Wildman–Crippen LogP) is 2.24. The number of benzene rings is 1. The quantitative estimate of drug-likeness (QED) is 0.572. The molecule has 0 bridgehead atoms. The lowest BCUT2D eigenvalue weighted by molar-refractivity contribution is -0.141. The first-order valence-corrected chi connectivity index (χ1v) is 5.78. The van der Waals surface area contributed by atoms with E-state index in [9.17, 15) is 9.59 Å². The zero-order chi connectivity index (χ0) is 13.2. The Morgan fingerprint density at radius 2 is 1.67 bits per heavy atom. The minimum absolute atomic E-state index is 0.189. The summed E-state index contributed by atoms with van der Waals surface area (Å²) in [6.07, 6.45) is 2.89. The van der Waals surface area contributed by atoms with Crippen LogP contribution in [0.25, 0.3) is 0 Å². The predicted molar refractivity (Wildman–Crippen MR) is 66.6 cm³/mol. The molecule has 1 aromatic carbocycles. The van der Waals surface area contributed by atoms with Gasteiger partial charge in [-0.2, -0.15) is 0 Å². The molecule has 0 saturated carbocycles. The first kappa shape index (κ1) is 14.0. The fourth-order valence-electron chi connectivity index (χ4n) is 1.16. The second-order valence-corrected chi connectivity index (χ2v) is 3.59. The molecule has 0 aliphatic rings. The van der Waals surface area contributed by atoms with Crippen LogP contribution in [0.3, 0.4) is 0 Å². The SMILES string of the molecule is CCCOC(=O)/C=C/C(=O)OCc1ccccc1. The molecule has 0 saturated heterocycles. The van der Waals surface area contributed by atoms with Gasteiger partial charge in [0.1, 0.15) is 6.61 Å². The van der Waals surface area contributed by atoms with Crippen LogP contribution in [0.4, 0.5) is 0 Å². The van der Waals surface area contributed by atoms with E-state index >= 15 is 0 Å². The highest BCUT2D eigenvalue weighted by atomic mass is 16.5. The molecule has 1 rings (SSSR count). The molecular weight excluding hydrogens is 232 g/mol. The van der Waals surface area contributed by atoms with Crippen LogP contribution < -0.4 is 0 Å². The van der Waals surface area contributed by atoms with Crippen LogP contribution in [0.5, 0.6) is 0 Å². The van der Waals surface area contributed by atoms with E-state index in [2.05, 4.69) is 0 Å². The summed E-state index contributed by atoms with van der Waals surface area (Å²) in [6.45, 7) is 2.43. The van der Waals surface area contributed by atoms with E-state index in [1.54, 1.807) is 0 Å². The molecule has 0 aliphatic carbocycles. The molecule has 0 fully saturated rings. The monoisotopic (exact) mass is 248 g/mol. The molecule has 1 aromatic rings. The fraction of sp³-hybridized carbons (Fsp3) is 0.286. The summed E-state index contributed by atoms with van der Waals surface area (Å²) in [5.74, 6) is -1.10. The van der Waals surface area contributed by atoms with E-state index in [0.29, 0.717) is 6.61 Å². The highest BCUT2D eigenvalue weighted by Crippen LogP contribution is 2.00. The van der Waals surface area contributed by atoms with Crippen molar-refractivity contribution in [3.05, 3.63) is 48.0 Å². The van der Waals surface area contributed by atoms with Crippen LogP contribution in [-0.4, -0.2) is 18.5 Å². The average molecular weight is 248 g/mol. The van der Waals surface area contributed by atoms with Gasteiger partial charge in [0.25, 0.3) is 0 Å². The molecule has 0 unspecified atom stereocenters. The molecule has 0 aliphatic heterocycles. The van der Waals surface area contributed by atoms with Crippen molar-refractivity contribution in [2.75, 3.05) is 6.61 Å². The Bertz CT molecular complexity index is 409. The van der Waals surface area contributed by atoms with E-state index < -0.39 is 11.9 Å². The molecule has 0 aromatic heterocycles. The van der Waals surface area contributed by atoms with Crippen molar-refractivity contribution in [2.45, 2.75) is 20.0 Å². The number of esters is 2. The molecular formula is C14H16O4. The first-order valence-electron chi connectivity index (χ1n) is 5.78. The molecule has 18 heavy (non-hydrogen) atoms. The van der Waals surface area contributed by atoms with Gasteiger partial charge in [0.15, 0.2) is 0 Å². The summed E-state index contributed by atoms with van der Waals surface area (Å²) in [5.41, 5.74) is 0.896. The van der Waals surface area contributed by atoms with Crippen LogP contribution in [0.15, 0.2) is 42.5 Å². The molecule has 96 valence electrons. The van der Waals surface area contributed by atoms with Crippen molar-refractivity contribution in [1.29, 1.82) is 0 Å². The Morgan fingerprint density at radius 1 is 1.06 bits per heavy atom. The molecule has 0 spiro atoms. The average Bonchev–Trinajstić information content (AvgIpc) is 2.41. The first-order chi connectivity index (χ1) is 8.72. The number of hydrogen-bond donors (Lipinski definition) is 0. The normalized spacial score (nSPS) is 10.3. The molecule has 0 atom stereocenters. The van der Waals surface area contributed by atoms with Gasteiger partial charge in [-0.25, -0.2) is 9.59 Å². The topological polar surface area (TPSA) is 52.6 Å². The Balaban J connectivity index is 2.29. The molecule has 4 nitrogen and oxygen atoms in total. The Hall–Kier alpha value is -2.10. The van der Waals surface area contributed by atoms with Crippen LogP contribution in [0, 0.1) is 0 Å². The lowest BCUT2D eigenvalue weighted by Crippen LogP contribution is -2.05. The third kappa shape index (κ3) is 5.84. The van der Waals surface area contributed by atoms with E-state index in [-0.39, 0.29) is 6.61 Å². The van der Waals surface area contributed by atoms with Gasteiger partial charge in [0.05, 0.1) is 6.61 Å². The summed E-state index contributed by atoms with van der Waals surface area (Å²) in [4.78, 5) is 22.3. The minimum Gasteiger partial charge on any atom is -0.463 e. The number of ether oxygens (including phenoxy) is 2. The summed E-state index contributed by atoms with van der Waals surface area (Å²) >= 11 is 0. The van der Waals surface area contributed by atoms with Gasteiger partial charge < -0.3 is 9.47 Å². The maximum absolute atomic E-state index is 11.3. The van der Waals surface area contributed by atoms with Crippen molar-refractivity contribution in [3.8, 4) is 0 Å². The summed E-state index contributed by atoms with van der Waals surface area (Å²) < 4.78 is 9.72. The smallest absolute Gasteiger partial charge is 0.331 e. The number of carbonyl (C=O) groups excluding carboxylic acids is 2. The molecule has 0 radical (unpaired) electrons. The van der Waals surface area contributed by atoms with Crippen molar-refractivity contribution < 1.29 is 19.1 Å². The zero-order valence-electron chi connectivity index (χ0n) is 10.3. The van der Waals surface area contributed by atoms with Gasteiger partial charge in [-0.1, -0.05) is 37.3 Å². The lowest BCUT2D eigenvalue weighted by atomic mass is 10.2. The third-order valence-electron chi connectivity index (χ3n) is 2.03. The van der Waals surface area contributed by atoms with Crippen molar-refractivity contribution in [2.24, 2.45) is 0 Å². The number of hydrogen-bond acceptors (Lipinski definition) is 4. The second kappa shape index (κ2) is 8.06. The summed E-state index contributed by atoms with van der Waals surface area (Å²) in [6, 6.07) is 9.32. The van der Waals surface area contributed by atoms with Gasteiger partial charge >= 0.3 is 11.9 Å². The van der Waals surface area contributed by atoms with Gasteiger partial charge in [0.2, 0.25) is 0 Å². The number of rotatable bonds is 6. The minimum atomic E-state index is -0.563. The van der Waals surface area contributed by atoms with E-state index in [1.165, 1.54) is 0 Å². The van der Waals surface area contributed by atoms with Crippen LogP contribution in [-0.2, 0) is 25.7 Å². The van der Waals surface area contributed by atoms with Crippen LogP contribution in [0.2, 0.25) is 0 Å². The van der Waals surface area contributed by atoms with Crippen LogP contribution in [0.1, 0.15) is 18.9 Å². The highest BCUT2D eigenvalue weighted by molar-refractivity contribution is 5.91. The number of carbonyl (C=O) groups is 2. The van der Waals surface area contributed by atoms with E-state index in [0.717, 1.165) is 24.1 Å². The van der Waals surface area contributed by atoms with Crippen LogP contribution >= 0.6 is 0 Å².